The Morgan fingerprint density at radius 3 is 2.86 bits per heavy atom. The SMILES string of the molecule is Cc1cccc(C(=N)/C(C(N)=O)=C2/CN(C=O)CCN2)c1. The molecule has 0 spiro atoms. The lowest BCUT2D eigenvalue weighted by atomic mass is 9.98. The van der Waals surface area contributed by atoms with E-state index in [2.05, 4.69) is 5.32 Å². The van der Waals surface area contributed by atoms with Gasteiger partial charge in [-0.25, -0.2) is 0 Å². The molecule has 0 saturated carbocycles. The summed E-state index contributed by atoms with van der Waals surface area (Å²) in [6.45, 7) is 3.28. The fraction of sp³-hybridized carbons (Fsp3) is 0.267. The van der Waals surface area contributed by atoms with E-state index in [0.717, 1.165) is 12.0 Å². The maximum Gasteiger partial charge on any atom is 0.252 e. The van der Waals surface area contributed by atoms with Crippen LogP contribution in [0, 0.1) is 12.3 Å². The average Bonchev–Trinajstić information content (AvgIpc) is 2.47. The smallest absolute Gasteiger partial charge is 0.252 e. The van der Waals surface area contributed by atoms with Crippen molar-refractivity contribution in [1.29, 1.82) is 5.41 Å². The van der Waals surface area contributed by atoms with Crippen LogP contribution in [0.1, 0.15) is 11.1 Å². The number of carbonyl (C=O) groups is 2. The standard InChI is InChI=1S/C15H18N4O2/c1-10-3-2-4-11(7-10)14(16)13(15(17)21)12-8-19(9-20)6-5-18-12/h2-4,7,9,16,18H,5-6,8H2,1H3,(H2,17,21)/b13-12+,16-14?. The number of nitrogens with zero attached hydrogens (tertiary/aromatic N) is 1. The molecule has 0 unspecified atom stereocenters. The van der Waals surface area contributed by atoms with Crippen LogP contribution in [0.2, 0.25) is 0 Å². The van der Waals surface area contributed by atoms with Crippen molar-refractivity contribution in [3.63, 3.8) is 0 Å². The summed E-state index contributed by atoms with van der Waals surface area (Å²) < 4.78 is 0. The molecule has 0 atom stereocenters. The molecule has 1 aromatic rings. The van der Waals surface area contributed by atoms with E-state index in [1.54, 1.807) is 6.07 Å². The number of rotatable bonds is 4. The second-order valence-corrected chi connectivity index (χ2v) is 4.96. The summed E-state index contributed by atoms with van der Waals surface area (Å²) in [6, 6.07) is 7.33. The summed E-state index contributed by atoms with van der Waals surface area (Å²) in [5.41, 5.74) is 7.79. The summed E-state index contributed by atoms with van der Waals surface area (Å²) in [6.07, 6.45) is 0.732. The van der Waals surface area contributed by atoms with Gasteiger partial charge in [0, 0.05) is 24.4 Å². The van der Waals surface area contributed by atoms with Gasteiger partial charge in [0.25, 0.3) is 5.91 Å². The summed E-state index contributed by atoms with van der Waals surface area (Å²) in [5, 5.41) is 11.3. The van der Waals surface area contributed by atoms with Crippen molar-refractivity contribution in [2.45, 2.75) is 6.92 Å². The highest BCUT2D eigenvalue weighted by atomic mass is 16.1. The summed E-state index contributed by atoms with van der Waals surface area (Å²) in [4.78, 5) is 24.2. The highest BCUT2D eigenvalue weighted by molar-refractivity contribution is 6.27. The van der Waals surface area contributed by atoms with E-state index in [9.17, 15) is 9.59 Å². The van der Waals surface area contributed by atoms with Gasteiger partial charge in [-0.15, -0.1) is 0 Å². The van der Waals surface area contributed by atoms with Gasteiger partial charge in [-0.3, -0.25) is 15.0 Å². The van der Waals surface area contributed by atoms with Crippen molar-refractivity contribution in [3.8, 4) is 0 Å². The lowest BCUT2D eigenvalue weighted by molar-refractivity contribution is -0.118. The third kappa shape index (κ3) is 3.28. The summed E-state index contributed by atoms with van der Waals surface area (Å²) >= 11 is 0. The minimum atomic E-state index is -0.670. The van der Waals surface area contributed by atoms with Gasteiger partial charge >= 0.3 is 0 Å². The van der Waals surface area contributed by atoms with Gasteiger partial charge in [0.05, 0.1) is 17.8 Å². The second-order valence-electron chi connectivity index (χ2n) is 4.96. The zero-order chi connectivity index (χ0) is 15.4. The van der Waals surface area contributed by atoms with Crippen molar-refractivity contribution >= 4 is 18.0 Å². The van der Waals surface area contributed by atoms with Gasteiger partial charge < -0.3 is 16.0 Å². The number of hydrogen-bond acceptors (Lipinski definition) is 4. The minimum absolute atomic E-state index is 0.0708. The Morgan fingerprint density at radius 1 is 1.48 bits per heavy atom. The largest absolute Gasteiger partial charge is 0.384 e. The van der Waals surface area contributed by atoms with Crippen LogP contribution >= 0.6 is 0 Å². The van der Waals surface area contributed by atoms with Gasteiger partial charge in [-0.1, -0.05) is 23.8 Å². The molecule has 6 nitrogen and oxygen atoms in total. The number of hydrogen-bond donors (Lipinski definition) is 3. The molecule has 0 aliphatic carbocycles. The van der Waals surface area contributed by atoms with Crippen LogP contribution in [-0.4, -0.2) is 42.6 Å². The van der Waals surface area contributed by atoms with Crippen LogP contribution in [0.25, 0.3) is 0 Å². The molecule has 1 aromatic carbocycles. The second kappa shape index (κ2) is 6.21. The first-order chi connectivity index (χ1) is 10.0. The average molecular weight is 286 g/mol. The first-order valence-corrected chi connectivity index (χ1v) is 6.65. The highest BCUT2D eigenvalue weighted by Crippen LogP contribution is 2.15. The summed E-state index contributed by atoms with van der Waals surface area (Å²) in [5.74, 6) is -0.670. The molecule has 1 saturated heterocycles. The predicted octanol–water partition coefficient (Wildman–Crippen LogP) is 0.164. The Labute approximate surface area is 123 Å². The van der Waals surface area contributed by atoms with Crippen molar-refractivity contribution in [2.75, 3.05) is 19.6 Å². The monoisotopic (exact) mass is 286 g/mol. The van der Waals surface area contributed by atoms with Crippen LogP contribution in [0.5, 0.6) is 0 Å². The van der Waals surface area contributed by atoms with Crippen molar-refractivity contribution < 1.29 is 9.59 Å². The first kappa shape index (κ1) is 14.8. The predicted molar refractivity (Wildman–Crippen MR) is 79.9 cm³/mol. The Balaban J connectivity index is 2.41. The molecule has 2 amide bonds. The molecule has 1 aliphatic heterocycles. The molecule has 2 rings (SSSR count). The van der Waals surface area contributed by atoms with Gasteiger partial charge in [0.2, 0.25) is 6.41 Å². The Hall–Kier alpha value is -2.63. The number of primary amides is 1. The van der Waals surface area contributed by atoms with Gasteiger partial charge in [-0.2, -0.15) is 0 Å². The van der Waals surface area contributed by atoms with Crippen LogP contribution < -0.4 is 11.1 Å². The molecular formula is C15H18N4O2. The van der Waals surface area contributed by atoms with E-state index in [4.69, 9.17) is 11.1 Å². The molecule has 21 heavy (non-hydrogen) atoms. The van der Waals surface area contributed by atoms with E-state index in [-0.39, 0.29) is 17.8 Å². The van der Waals surface area contributed by atoms with Gasteiger partial charge in [0.1, 0.15) is 0 Å². The van der Waals surface area contributed by atoms with Crippen molar-refractivity contribution in [1.82, 2.24) is 10.2 Å². The van der Waals surface area contributed by atoms with Crippen LogP contribution in [0.15, 0.2) is 35.5 Å². The highest BCUT2D eigenvalue weighted by Gasteiger charge is 2.23. The van der Waals surface area contributed by atoms with Crippen LogP contribution in [0.3, 0.4) is 0 Å². The zero-order valence-electron chi connectivity index (χ0n) is 11.8. The van der Waals surface area contributed by atoms with E-state index in [0.29, 0.717) is 24.4 Å². The van der Waals surface area contributed by atoms with Gasteiger partial charge in [0.15, 0.2) is 0 Å². The number of aryl methyl sites for hydroxylation is 1. The van der Waals surface area contributed by atoms with E-state index in [1.165, 1.54) is 4.90 Å². The van der Waals surface area contributed by atoms with E-state index < -0.39 is 5.91 Å². The molecule has 1 heterocycles. The van der Waals surface area contributed by atoms with Gasteiger partial charge in [-0.05, 0) is 13.0 Å². The van der Waals surface area contributed by atoms with Crippen LogP contribution in [0.4, 0.5) is 0 Å². The molecule has 0 radical (unpaired) electrons. The Bertz CT molecular complexity index is 622. The maximum atomic E-state index is 11.8. The number of amides is 2. The number of piperazine rings is 1. The molecule has 4 N–H and O–H groups in total. The molecule has 0 aromatic heterocycles. The van der Waals surface area contributed by atoms with Crippen molar-refractivity contribution in [3.05, 3.63) is 46.7 Å². The topological polar surface area (TPSA) is 99.3 Å². The quantitative estimate of drug-likeness (QED) is 0.418. The maximum absolute atomic E-state index is 11.8. The number of benzene rings is 1. The fourth-order valence-corrected chi connectivity index (χ4v) is 2.31. The molecule has 1 aliphatic rings. The van der Waals surface area contributed by atoms with Crippen molar-refractivity contribution in [2.24, 2.45) is 5.73 Å². The number of carbonyl (C=O) groups excluding carboxylic acids is 2. The third-order valence-corrected chi connectivity index (χ3v) is 3.35. The third-order valence-electron chi connectivity index (χ3n) is 3.35. The zero-order valence-corrected chi connectivity index (χ0v) is 11.8. The molecule has 0 bridgehead atoms. The minimum Gasteiger partial charge on any atom is -0.384 e. The normalized spacial score (nSPS) is 16.9. The molecular weight excluding hydrogens is 268 g/mol. The molecule has 1 fully saturated rings. The number of nitrogens with two attached hydrogens (primary N) is 1. The number of nitrogens with one attached hydrogen (secondary N) is 2. The Morgan fingerprint density at radius 2 is 2.24 bits per heavy atom. The lowest BCUT2D eigenvalue weighted by Gasteiger charge is -2.28. The lowest BCUT2D eigenvalue weighted by Crippen LogP contribution is -2.43. The first-order valence-electron chi connectivity index (χ1n) is 6.65. The summed E-state index contributed by atoms with van der Waals surface area (Å²) in [7, 11) is 0. The van der Waals surface area contributed by atoms with Crippen LogP contribution in [-0.2, 0) is 9.59 Å². The molecule has 110 valence electrons. The van der Waals surface area contributed by atoms with E-state index in [1.807, 2.05) is 25.1 Å². The Kier molecular flexibility index (Phi) is 4.37. The fourth-order valence-electron chi connectivity index (χ4n) is 2.31. The van der Waals surface area contributed by atoms with E-state index >= 15 is 0 Å². The molecule has 6 heteroatoms.